The molecule has 0 aliphatic carbocycles. The molecule has 5 heteroatoms. The zero-order valence-electron chi connectivity index (χ0n) is 9.79. The molecule has 4 nitrogen and oxygen atoms in total. The molecule has 0 fully saturated rings. The molecule has 0 saturated carbocycles. The van der Waals surface area contributed by atoms with Crippen LogP contribution in [0.25, 0.3) is 0 Å². The molecule has 1 rings (SSSR count). The van der Waals surface area contributed by atoms with Crippen molar-refractivity contribution in [2.45, 2.75) is 6.92 Å². The molecule has 0 aliphatic heterocycles. The van der Waals surface area contributed by atoms with E-state index in [0.717, 1.165) is 4.88 Å². The van der Waals surface area contributed by atoms with Crippen molar-refractivity contribution >= 4 is 17.2 Å². The first-order valence-electron chi connectivity index (χ1n) is 5.41. The van der Waals surface area contributed by atoms with Gasteiger partial charge in [-0.3, -0.25) is 4.79 Å². The fourth-order valence-corrected chi connectivity index (χ4v) is 1.90. The summed E-state index contributed by atoms with van der Waals surface area (Å²) in [5.41, 5.74) is 5.91. The first kappa shape index (κ1) is 13.7. The van der Waals surface area contributed by atoms with Crippen molar-refractivity contribution in [3.05, 3.63) is 21.9 Å². The van der Waals surface area contributed by atoms with E-state index in [-0.39, 0.29) is 5.91 Å². The monoisotopic (exact) mass is 252 g/mol. The van der Waals surface area contributed by atoms with Crippen LogP contribution in [0.1, 0.15) is 22.2 Å². The normalized spacial score (nSPS) is 9.53. The van der Waals surface area contributed by atoms with Crippen molar-refractivity contribution in [3.63, 3.8) is 0 Å². The summed E-state index contributed by atoms with van der Waals surface area (Å²) in [6, 6.07) is 1.77. The summed E-state index contributed by atoms with van der Waals surface area (Å²) in [6.45, 7) is 3.96. The van der Waals surface area contributed by atoms with Crippen LogP contribution in [0.3, 0.4) is 0 Å². The Hall–Kier alpha value is -1.35. The van der Waals surface area contributed by atoms with Gasteiger partial charge in [-0.05, 0) is 13.0 Å². The number of ether oxygens (including phenoxy) is 1. The predicted octanol–water partition coefficient (Wildman–Crippen LogP) is 0.825. The highest BCUT2D eigenvalue weighted by atomic mass is 32.1. The Morgan fingerprint density at radius 3 is 3.18 bits per heavy atom. The number of rotatable bonds is 5. The van der Waals surface area contributed by atoms with Crippen LogP contribution >= 0.6 is 11.3 Å². The minimum atomic E-state index is -0.0956. The summed E-state index contributed by atoms with van der Waals surface area (Å²) >= 11 is 1.44. The van der Waals surface area contributed by atoms with Crippen LogP contribution < -0.4 is 11.1 Å². The highest BCUT2D eigenvalue weighted by Crippen LogP contribution is 2.13. The summed E-state index contributed by atoms with van der Waals surface area (Å²) in [6.07, 6.45) is 0. The molecule has 3 N–H and O–H groups in total. The van der Waals surface area contributed by atoms with E-state index in [0.29, 0.717) is 31.9 Å². The smallest absolute Gasteiger partial charge is 0.252 e. The number of amides is 1. The van der Waals surface area contributed by atoms with Gasteiger partial charge in [0.1, 0.15) is 0 Å². The van der Waals surface area contributed by atoms with E-state index in [4.69, 9.17) is 10.5 Å². The lowest BCUT2D eigenvalue weighted by molar-refractivity contribution is 0.0923. The zero-order valence-corrected chi connectivity index (χ0v) is 10.6. The molecule has 0 spiro atoms. The Labute approximate surface area is 105 Å². The number of carbonyl (C=O) groups excluding carboxylic acids is 1. The maximum Gasteiger partial charge on any atom is 0.252 e. The van der Waals surface area contributed by atoms with Crippen molar-refractivity contribution in [3.8, 4) is 11.8 Å². The second kappa shape index (κ2) is 7.85. The molecular weight excluding hydrogens is 236 g/mol. The third-order valence-electron chi connectivity index (χ3n) is 1.91. The molecule has 0 bridgehead atoms. The number of hydrogen-bond acceptors (Lipinski definition) is 4. The lowest BCUT2D eigenvalue weighted by atomic mass is 10.3. The van der Waals surface area contributed by atoms with Crippen LogP contribution in [-0.2, 0) is 4.74 Å². The first-order chi connectivity index (χ1) is 8.27. The maximum absolute atomic E-state index is 11.7. The molecule has 1 aromatic heterocycles. The Kier molecular flexibility index (Phi) is 6.33. The van der Waals surface area contributed by atoms with Gasteiger partial charge in [-0.1, -0.05) is 11.8 Å². The Morgan fingerprint density at radius 1 is 1.65 bits per heavy atom. The fourth-order valence-electron chi connectivity index (χ4n) is 1.14. The zero-order chi connectivity index (χ0) is 12.5. The predicted molar refractivity (Wildman–Crippen MR) is 69.1 cm³/mol. The number of nitrogens with two attached hydrogens (primary N) is 1. The Morgan fingerprint density at radius 2 is 2.47 bits per heavy atom. The van der Waals surface area contributed by atoms with Gasteiger partial charge >= 0.3 is 0 Å². The summed E-state index contributed by atoms with van der Waals surface area (Å²) in [5, 5.41) is 4.56. The highest BCUT2D eigenvalue weighted by Gasteiger charge is 2.06. The average molecular weight is 252 g/mol. The van der Waals surface area contributed by atoms with Gasteiger partial charge in [-0.25, -0.2) is 0 Å². The first-order valence-corrected chi connectivity index (χ1v) is 6.29. The number of nitrogens with one attached hydrogen (secondary N) is 1. The van der Waals surface area contributed by atoms with Gasteiger partial charge in [-0.2, -0.15) is 0 Å². The standard InChI is InChI=1S/C12H16N2O2S/c1-2-16-7-6-14-12(15)10-8-11(17-9-10)4-3-5-13/h8-9H,2,5-7,13H2,1H3,(H,14,15). The topological polar surface area (TPSA) is 64.3 Å². The van der Waals surface area contributed by atoms with Gasteiger partial charge < -0.3 is 15.8 Å². The van der Waals surface area contributed by atoms with Crippen LogP contribution in [-0.4, -0.2) is 32.2 Å². The molecule has 0 aromatic carbocycles. The molecule has 0 radical (unpaired) electrons. The van der Waals surface area contributed by atoms with E-state index < -0.39 is 0 Å². The SMILES string of the molecule is CCOCCNC(=O)c1csc(C#CCN)c1. The van der Waals surface area contributed by atoms with Crippen molar-refractivity contribution in [1.82, 2.24) is 5.32 Å². The van der Waals surface area contributed by atoms with E-state index in [1.807, 2.05) is 6.92 Å². The summed E-state index contributed by atoms with van der Waals surface area (Å²) in [5.74, 6) is 5.55. The minimum Gasteiger partial charge on any atom is -0.380 e. The molecule has 0 unspecified atom stereocenters. The lowest BCUT2D eigenvalue weighted by Crippen LogP contribution is -2.26. The van der Waals surface area contributed by atoms with Crippen LogP contribution in [0.15, 0.2) is 11.4 Å². The van der Waals surface area contributed by atoms with Crippen molar-refractivity contribution in [2.75, 3.05) is 26.3 Å². The van der Waals surface area contributed by atoms with E-state index in [1.165, 1.54) is 11.3 Å². The molecule has 1 heterocycles. The van der Waals surface area contributed by atoms with E-state index in [9.17, 15) is 4.79 Å². The highest BCUT2D eigenvalue weighted by molar-refractivity contribution is 7.10. The molecule has 1 amide bonds. The van der Waals surface area contributed by atoms with Crippen LogP contribution in [0.5, 0.6) is 0 Å². The maximum atomic E-state index is 11.7. The van der Waals surface area contributed by atoms with Crippen molar-refractivity contribution in [1.29, 1.82) is 0 Å². The molecule has 0 aliphatic rings. The van der Waals surface area contributed by atoms with Gasteiger partial charge in [0, 0.05) is 18.5 Å². The van der Waals surface area contributed by atoms with Crippen molar-refractivity contribution < 1.29 is 9.53 Å². The third kappa shape index (κ3) is 5.00. The number of hydrogen-bond donors (Lipinski definition) is 2. The average Bonchev–Trinajstić information content (AvgIpc) is 2.80. The summed E-state index contributed by atoms with van der Waals surface area (Å²) < 4.78 is 5.13. The summed E-state index contributed by atoms with van der Waals surface area (Å²) in [4.78, 5) is 12.5. The largest absolute Gasteiger partial charge is 0.380 e. The Bertz CT molecular complexity index is 418. The van der Waals surface area contributed by atoms with Gasteiger partial charge in [0.25, 0.3) is 5.91 Å². The van der Waals surface area contributed by atoms with Crippen molar-refractivity contribution in [2.24, 2.45) is 5.73 Å². The van der Waals surface area contributed by atoms with Gasteiger partial charge in [0.2, 0.25) is 0 Å². The third-order valence-corrected chi connectivity index (χ3v) is 2.76. The number of thiophene rings is 1. The quantitative estimate of drug-likeness (QED) is 0.602. The van der Waals surface area contributed by atoms with E-state index >= 15 is 0 Å². The molecule has 17 heavy (non-hydrogen) atoms. The fraction of sp³-hybridized carbons (Fsp3) is 0.417. The molecular formula is C12H16N2O2S. The number of carbonyl (C=O) groups is 1. The van der Waals surface area contributed by atoms with Gasteiger partial charge in [0.05, 0.1) is 23.6 Å². The van der Waals surface area contributed by atoms with Crippen LogP contribution in [0, 0.1) is 11.8 Å². The summed E-state index contributed by atoms with van der Waals surface area (Å²) in [7, 11) is 0. The molecule has 0 atom stereocenters. The Balaban J connectivity index is 2.43. The van der Waals surface area contributed by atoms with E-state index in [2.05, 4.69) is 17.2 Å². The van der Waals surface area contributed by atoms with Crippen LogP contribution in [0.4, 0.5) is 0 Å². The lowest BCUT2D eigenvalue weighted by Gasteiger charge is -2.03. The van der Waals surface area contributed by atoms with Gasteiger partial charge in [0.15, 0.2) is 0 Å². The second-order valence-electron chi connectivity index (χ2n) is 3.16. The van der Waals surface area contributed by atoms with Gasteiger partial charge in [-0.15, -0.1) is 11.3 Å². The van der Waals surface area contributed by atoms with Crippen LogP contribution in [0.2, 0.25) is 0 Å². The minimum absolute atomic E-state index is 0.0956. The molecule has 0 saturated heterocycles. The second-order valence-corrected chi connectivity index (χ2v) is 4.07. The molecule has 92 valence electrons. The molecule has 1 aromatic rings. The van der Waals surface area contributed by atoms with E-state index in [1.54, 1.807) is 11.4 Å².